The molecule has 0 fully saturated rings. The van der Waals surface area contributed by atoms with Gasteiger partial charge in [-0.25, -0.2) is 4.57 Å². The van der Waals surface area contributed by atoms with Gasteiger partial charge in [-0.15, -0.1) is 0 Å². The van der Waals surface area contributed by atoms with Crippen molar-refractivity contribution >= 4 is 19.7 Å². The third-order valence-corrected chi connectivity index (χ3v) is 16.6. The third-order valence-electron chi connectivity index (χ3n) is 15.6. The predicted molar refractivity (Wildman–Crippen MR) is 387 cm³/mol. The number of phosphoric ester groups is 1. The van der Waals surface area contributed by atoms with Gasteiger partial charge in [0.2, 0.25) is 5.91 Å². The van der Waals surface area contributed by atoms with Crippen LogP contribution in [0.15, 0.2) is 134 Å². The predicted octanol–water partition coefficient (Wildman–Crippen LogP) is 23.6. The fourth-order valence-electron chi connectivity index (χ4n) is 10.1. The second-order valence-corrected chi connectivity index (χ2v) is 26.8. The number of quaternary nitrogens is 1. The molecular weight excluding hydrogens is 1120 g/mol. The van der Waals surface area contributed by atoms with Gasteiger partial charge in [0.05, 0.1) is 33.8 Å². The first-order valence-corrected chi connectivity index (χ1v) is 38.0. The second kappa shape index (κ2) is 67.1. The lowest BCUT2D eigenvalue weighted by atomic mass is 10.0. The molecule has 3 unspecified atom stereocenters. The molecule has 0 bridgehead atoms. The van der Waals surface area contributed by atoms with Crippen LogP contribution >= 0.6 is 7.82 Å². The van der Waals surface area contributed by atoms with Gasteiger partial charge in [-0.05, 0) is 122 Å². The molecule has 0 aliphatic carbocycles. The van der Waals surface area contributed by atoms with Crippen LogP contribution in [0.5, 0.6) is 0 Å². The Morgan fingerprint density at radius 1 is 0.404 bits per heavy atom. The first-order valence-electron chi connectivity index (χ1n) is 36.5. The molecule has 0 heterocycles. The Morgan fingerprint density at radius 2 is 0.719 bits per heavy atom. The van der Waals surface area contributed by atoms with Crippen molar-refractivity contribution < 1.29 is 37.3 Å². The normalized spacial score (nSPS) is 14.3. The smallest absolute Gasteiger partial charge is 0.456 e. The van der Waals surface area contributed by atoms with Crippen LogP contribution in [0.1, 0.15) is 303 Å². The minimum absolute atomic E-state index is 0.0316. The molecule has 0 saturated carbocycles. The van der Waals surface area contributed by atoms with E-state index in [4.69, 9.17) is 13.8 Å². The number of rotatable bonds is 65. The number of hydrogen-bond acceptors (Lipinski definition) is 6. The number of amides is 1. The Kier molecular flexibility index (Phi) is 64.2. The maximum atomic E-state index is 13.6. The van der Waals surface area contributed by atoms with E-state index in [1.165, 1.54) is 122 Å². The number of carbonyl (C=O) groups excluding carboxylic acids is 2. The van der Waals surface area contributed by atoms with E-state index in [-0.39, 0.29) is 31.5 Å². The molecule has 510 valence electrons. The molecule has 2 N–H and O–H groups in total. The number of hydrogen-bond donors (Lipinski definition) is 2. The largest absolute Gasteiger partial charge is 0.472 e. The molecule has 0 saturated heterocycles. The molecule has 0 aromatic rings. The molecule has 1 amide bonds. The van der Waals surface area contributed by atoms with Crippen LogP contribution in [0.25, 0.3) is 0 Å². The number of ether oxygens (including phenoxy) is 1. The van der Waals surface area contributed by atoms with Crippen molar-refractivity contribution in [3.8, 4) is 0 Å². The molecule has 89 heavy (non-hydrogen) atoms. The van der Waals surface area contributed by atoms with Gasteiger partial charge in [0, 0.05) is 12.8 Å². The lowest BCUT2D eigenvalue weighted by Gasteiger charge is -2.27. The van der Waals surface area contributed by atoms with Crippen LogP contribution < -0.4 is 5.32 Å². The Hall–Kier alpha value is -3.85. The lowest BCUT2D eigenvalue weighted by molar-refractivity contribution is -0.870. The summed E-state index contributed by atoms with van der Waals surface area (Å²) in [5.74, 6) is -0.521. The Labute approximate surface area is 549 Å². The highest BCUT2D eigenvalue weighted by Gasteiger charge is 2.30. The molecule has 10 heteroatoms. The van der Waals surface area contributed by atoms with Gasteiger partial charge < -0.3 is 19.4 Å². The highest BCUT2D eigenvalue weighted by atomic mass is 31.2. The van der Waals surface area contributed by atoms with E-state index in [1.807, 2.05) is 33.3 Å². The van der Waals surface area contributed by atoms with Crippen molar-refractivity contribution in [3.63, 3.8) is 0 Å². The lowest BCUT2D eigenvalue weighted by Crippen LogP contribution is -2.47. The first kappa shape index (κ1) is 85.2. The van der Waals surface area contributed by atoms with Gasteiger partial charge in [0.25, 0.3) is 0 Å². The summed E-state index contributed by atoms with van der Waals surface area (Å²) >= 11 is 0. The number of nitrogens with one attached hydrogen (secondary N) is 1. The number of unbranched alkanes of at least 4 members (excludes halogenated alkanes) is 29. The van der Waals surface area contributed by atoms with Crippen molar-refractivity contribution in [1.82, 2.24) is 5.32 Å². The van der Waals surface area contributed by atoms with Gasteiger partial charge in [-0.3, -0.25) is 18.6 Å². The highest BCUT2D eigenvalue weighted by Crippen LogP contribution is 2.43. The fourth-order valence-corrected chi connectivity index (χ4v) is 10.8. The maximum absolute atomic E-state index is 13.6. The summed E-state index contributed by atoms with van der Waals surface area (Å²) in [6.07, 6.45) is 96.0. The van der Waals surface area contributed by atoms with Crippen molar-refractivity contribution in [2.45, 2.75) is 315 Å². The molecule has 0 aliphatic heterocycles. The zero-order valence-electron chi connectivity index (χ0n) is 58.4. The molecule has 0 spiro atoms. The summed E-state index contributed by atoms with van der Waals surface area (Å²) in [4.78, 5) is 38.0. The molecule has 0 aromatic carbocycles. The van der Waals surface area contributed by atoms with Crippen molar-refractivity contribution in [1.29, 1.82) is 0 Å². The van der Waals surface area contributed by atoms with E-state index in [0.29, 0.717) is 17.4 Å². The highest BCUT2D eigenvalue weighted by molar-refractivity contribution is 7.47. The molecule has 0 radical (unpaired) electrons. The Morgan fingerprint density at radius 3 is 1.08 bits per heavy atom. The summed E-state index contributed by atoms with van der Waals surface area (Å²) in [5, 5.41) is 3.07. The number of allylic oxidation sites excluding steroid dienone is 21. The molecule has 0 aliphatic rings. The minimum Gasteiger partial charge on any atom is -0.456 e. The van der Waals surface area contributed by atoms with Gasteiger partial charge in [-0.2, -0.15) is 0 Å². The molecule has 0 rings (SSSR count). The first-order chi connectivity index (χ1) is 43.4. The summed E-state index contributed by atoms with van der Waals surface area (Å²) < 4.78 is 30.9. The second-order valence-electron chi connectivity index (χ2n) is 25.3. The van der Waals surface area contributed by atoms with Crippen LogP contribution in [0.4, 0.5) is 0 Å². The van der Waals surface area contributed by atoms with Crippen LogP contribution in [0, 0.1) is 0 Å². The van der Waals surface area contributed by atoms with E-state index < -0.39 is 20.0 Å². The maximum Gasteiger partial charge on any atom is 0.472 e. The number of likely N-dealkylation sites (N-methyl/N-ethyl adjacent to an activating group) is 1. The zero-order valence-corrected chi connectivity index (χ0v) is 59.3. The van der Waals surface area contributed by atoms with Gasteiger partial charge in [-0.1, -0.05) is 302 Å². The number of esters is 1. The molecular formula is C79H138N2O7P+. The van der Waals surface area contributed by atoms with Gasteiger partial charge in [0.15, 0.2) is 0 Å². The van der Waals surface area contributed by atoms with E-state index in [2.05, 4.69) is 148 Å². The zero-order chi connectivity index (χ0) is 64.9. The average molecular weight is 1260 g/mol. The number of nitrogens with zero attached hydrogens (tertiary/aromatic N) is 1. The van der Waals surface area contributed by atoms with E-state index in [9.17, 15) is 19.0 Å². The standard InChI is InChI=1S/C79H137N2O7P/c1-7-10-13-16-19-22-25-28-30-32-34-36-38-40-42-44-46-48-50-53-56-59-62-65-68-71-78(82)80-76(75-87-89(84,85)86-74-73-81(4,5)6)77(70-67-64-61-58-55-52-27-24-21-18-15-12-9-3)88-79(83)72-69-66-63-60-57-54-51-49-47-45-43-41-39-37-35-33-31-29-26-23-20-17-14-11-8-2/h10-11,13-14,19-20,22-23,28-31,34-37,40-43,67,70,76-77H,7-9,12,15-18,21,24-27,32-33,38-39,44-66,68-69,71-75H2,1-6H3,(H-,80,82,84,85)/p+1/b13-10-,14-11-,22-19-,23-20-,30-28-,31-29-,36-34-,37-35-,42-40-,43-41-,70-67+. The SMILES string of the molecule is CC/C=C\C/C=C\C/C=C\C/C=C\C/C=C\CCCCCCCCCCCC(=O)NC(COP(=O)(O)OCC[N+](C)(C)C)C(/C=C/CCCCCCCCCCCCC)OC(=O)CCCCCCCCCCC/C=C\C/C=C\C/C=C\C/C=C\C/C=C\CC. The third kappa shape index (κ3) is 68.4. The van der Waals surface area contributed by atoms with Gasteiger partial charge >= 0.3 is 13.8 Å². The van der Waals surface area contributed by atoms with E-state index in [1.54, 1.807) is 0 Å². The van der Waals surface area contributed by atoms with E-state index >= 15 is 0 Å². The Balaban J connectivity index is 5.12. The summed E-state index contributed by atoms with van der Waals surface area (Å²) in [6, 6.07) is -0.865. The molecule has 9 nitrogen and oxygen atoms in total. The number of carbonyl (C=O) groups is 2. The summed E-state index contributed by atoms with van der Waals surface area (Å²) in [7, 11) is 1.48. The quantitative estimate of drug-likeness (QED) is 0.0205. The summed E-state index contributed by atoms with van der Waals surface area (Å²) in [5.41, 5.74) is 0. The average Bonchev–Trinajstić information content (AvgIpc) is 3.67. The van der Waals surface area contributed by atoms with Crippen LogP contribution in [0.3, 0.4) is 0 Å². The Bertz CT molecular complexity index is 1990. The topological polar surface area (TPSA) is 111 Å². The minimum atomic E-state index is -4.47. The monoisotopic (exact) mass is 1260 g/mol. The van der Waals surface area contributed by atoms with Crippen LogP contribution in [-0.2, 0) is 27.9 Å². The number of phosphoric acid groups is 1. The van der Waals surface area contributed by atoms with Gasteiger partial charge in [0.1, 0.15) is 19.3 Å². The van der Waals surface area contributed by atoms with Crippen molar-refractivity contribution in [3.05, 3.63) is 134 Å². The van der Waals surface area contributed by atoms with Crippen LogP contribution in [0.2, 0.25) is 0 Å². The van der Waals surface area contributed by atoms with Crippen LogP contribution in [-0.4, -0.2) is 74.3 Å². The summed E-state index contributed by atoms with van der Waals surface area (Å²) in [6.45, 7) is 6.79. The van der Waals surface area contributed by atoms with Crippen molar-refractivity contribution in [2.75, 3.05) is 40.9 Å². The molecule has 3 atom stereocenters. The fraction of sp³-hybridized carbons (Fsp3) is 0.696. The molecule has 0 aromatic heterocycles. The van der Waals surface area contributed by atoms with Crippen molar-refractivity contribution in [2.24, 2.45) is 0 Å². The van der Waals surface area contributed by atoms with E-state index in [0.717, 1.165) is 148 Å².